The van der Waals surface area contributed by atoms with Crippen molar-refractivity contribution in [3.05, 3.63) is 60.7 Å². The third-order valence-electron chi connectivity index (χ3n) is 6.21. The minimum atomic E-state index is -3.55. The van der Waals surface area contributed by atoms with Gasteiger partial charge in [-0.05, 0) is 43.2 Å². The highest BCUT2D eigenvalue weighted by molar-refractivity contribution is 7.89. The molecule has 3 aromatic carbocycles. The molecule has 1 aromatic heterocycles. The fourth-order valence-corrected chi connectivity index (χ4v) is 5.98. The zero-order chi connectivity index (χ0) is 24.4. The number of hydrogen-bond donors (Lipinski definition) is 2. The molecule has 0 saturated carbocycles. The summed E-state index contributed by atoms with van der Waals surface area (Å²) in [5.74, 6) is 0.218. The number of sulfonamides is 1. The molecule has 8 nitrogen and oxygen atoms in total. The summed E-state index contributed by atoms with van der Waals surface area (Å²) in [7, 11) is -2.00. The van der Waals surface area contributed by atoms with Crippen molar-refractivity contribution in [2.75, 3.05) is 37.4 Å². The number of piperidine rings is 1. The highest BCUT2D eigenvalue weighted by atomic mass is 32.2. The molecule has 9 heteroatoms. The first-order valence-electron chi connectivity index (χ1n) is 11.6. The van der Waals surface area contributed by atoms with E-state index in [1.807, 2.05) is 30.3 Å². The van der Waals surface area contributed by atoms with Crippen LogP contribution >= 0.6 is 0 Å². The van der Waals surface area contributed by atoms with E-state index in [9.17, 15) is 13.2 Å². The number of carbonyl (C=O) groups excluding carboxylic acids is 1. The molecular weight excluding hydrogens is 466 g/mol. The number of para-hydroxylation sites is 1. The molecule has 1 aliphatic rings. The molecule has 1 amide bonds. The van der Waals surface area contributed by atoms with Gasteiger partial charge in [0, 0.05) is 35.6 Å². The summed E-state index contributed by atoms with van der Waals surface area (Å²) < 4.78 is 38.9. The van der Waals surface area contributed by atoms with Gasteiger partial charge in [-0.2, -0.15) is 4.31 Å². The zero-order valence-electron chi connectivity index (χ0n) is 19.4. The van der Waals surface area contributed by atoms with Crippen molar-refractivity contribution in [3.8, 4) is 5.75 Å². The van der Waals surface area contributed by atoms with Gasteiger partial charge in [0.1, 0.15) is 16.9 Å². The molecule has 0 atom stereocenters. The predicted molar refractivity (Wildman–Crippen MR) is 136 cm³/mol. The normalized spacial score (nSPS) is 14.8. The molecule has 0 unspecified atom stereocenters. The molecule has 0 radical (unpaired) electrons. The summed E-state index contributed by atoms with van der Waals surface area (Å²) >= 11 is 0. The van der Waals surface area contributed by atoms with Crippen LogP contribution in [0.2, 0.25) is 0 Å². The fraction of sp³-hybridized carbons (Fsp3) is 0.269. The Morgan fingerprint density at radius 1 is 0.971 bits per heavy atom. The second-order valence-electron chi connectivity index (χ2n) is 8.54. The van der Waals surface area contributed by atoms with Crippen molar-refractivity contribution in [1.29, 1.82) is 0 Å². The Hall–Kier alpha value is -3.56. The summed E-state index contributed by atoms with van der Waals surface area (Å²) in [5.41, 5.74) is 2.45. The van der Waals surface area contributed by atoms with Crippen molar-refractivity contribution in [2.45, 2.75) is 24.2 Å². The van der Waals surface area contributed by atoms with Crippen molar-refractivity contribution in [3.63, 3.8) is 0 Å². The molecule has 2 N–H and O–H groups in total. The van der Waals surface area contributed by atoms with Crippen LogP contribution in [0.15, 0.2) is 70.0 Å². The van der Waals surface area contributed by atoms with Gasteiger partial charge >= 0.3 is 0 Å². The highest BCUT2D eigenvalue weighted by Crippen LogP contribution is 2.36. The van der Waals surface area contributed by atoms with Gasteiger partial charge in [0.15, 0.2) is 0 Å². The molecule has 1 fully saturated rings. The number of benzene rings is 3. The Morgan fingerprint density at radius 3 is 2.57 bits per heavy atom. The Morgan fingerprint density at radius 2 is 1.77 bits per heavy atom. The molecule has 182 valence electrons. The second-order valence-corrected chi connectivity index (χ2v) is 10.5. The average Bonchev–Trinajstić information content (AvgIpc) is 3.25. The minimum Gasteiger partial charge on any atom is -0.495 e. The van der Waals surface area contributed by atoms with Crippen LogP contribution in [-0.2, 0) is 14.8 Å². The summed E-state index contributed by atoms with van der Waals surface area (Å²) in [6, 6.07) is 17.9. The summed E-state index contributed by atoms with van der Waals surface area (Å²) in [6.45, 7) is 1.04. The Balaban J connectivity index is 1.30. The maximum atomic E-state index is 13.0. The molecule has 0 spiro atoms. The lowest BCUT2D eigenvalue weighted by Gasteiger charge is -2.26. The van der Waals surface area contributed by atoms with Gasteiger partial charge in [-0.3, -0.25) is 4.79 Å². The number of hydrogen-bond acceptors (Lipinski definition) is 6. The Labute approximate surface area is 203 Å². The standard InChI is InChI=1S/C26H27N3O5S/c1-33-25-15-21-20-10-3-4-11-23(20)34-24(21)16-22(25)28-26(30)17-27-18-8-7-9-19(14-18)35(31,32)29-12-5-2-6-13-29/h3-4,7-11,14-16,27H,2,5-6,12-13,17H2,1H3,(H,28,30). The first-order valence-corrected chi connectivity index (χ1v) is 13.0. The number of carbonyl (C=O) groups is 1. The van der Waals surface area contributed by atoms with Crippen LogP contribution in [0.25, 0.3) is 21.9 Å². The molecule has 5 rings (SSSR count). The predicted octanol–water partition coefficient (Wildman–Crippen LogP) is 4.82. The van der Waals surface area contributed by atoms with Crippen LogP contribution in [0, 0.1) is 0 Å². The number of fused-ring (bicyclic) bond motifs is 3. The molecule has 2 heterocycles. The zero-order valence-corrected chi connectivity index (χ0v) is 20.2. The van der Waals surface area contributed by atoms with E-state index in [1.54, 1.807) is 37.4 Å². The summed E-state index contributed by atoms with van der Waals surface area (Å²) in [6.07, 6.45) is 2.80. The molecule has 1 aliphatic heterocycles. The first kappa shape index (κ1) is 23.2. The quantitative estimate of drug-likeness (QED) is 0.383. The molecule has 0 aliphatic carbocycles. The molecule has 35 heavy (non-hydrogen) atoms. The summed E-state index contributed by atoms with van der Waals surface area (Å²) in [5, 5.41) is 7.74. The van der Waals surface area contributed by atoms with Crippen molar-refractivity contribution in [2.24, 2.45) is 0 Å². The average molecular weight is 494 g/mol. The van der Waals surface area contributed by atoms with Crippen LogP contribution in [0.5, 0.6) is 5.75 Å². The number of nitrogens with one attached hydrogen (secondary N) is 2. The largest absolute Gasteiger partial charge is 0.495 e. The maximum Gasteiger partial charge on any atom is 0.243 e. The number of nitrogens with zero attached hydrogens (tertiary/aromatic N) is 1. The maximum absolute atomic E-state index is 13.0. The van der Waals surface area contributed by atoms with Crippen molar-refractivity contribution in [1.82, 2.24) is 4.31 Å². The van der Waals surface area contributed by atoms with E-state index in [4.69, 9.17) is 9.15 Å². The second kappa shape index (κ2) is 9.59. The molecular formula is C26H27N3O5S. The molecule has 1 saturated heterocycles. The van der Waals surface area contributed by atoms with E-state index in [0.29, 0.717) is 35.8 Å². The van der Waals surface area contributed by atoms with Crippen LogP contribution in [0.3, 0.4) is 0 Å². The monoisotopic (exact) mass is 493 g/mol. The number of methoxy groups -OCH3 is 1. The van der Waals surface area contributed by atoms with E-state index < -0.39 is 10.0 Å². The van der Waals surface area contributed by atoms with Gasteiger partial charge < -0.3 is 19.8 Å². The lowest BCUT2D eigenvalue weighted by Crippen LogP contribution is -2.35. The van der Waals surface area contributed by atoms with Gasteiger partial charge in [-0.1, -0.05) is 30.7 Å². The Bertz CT molecular complexity index is 1490. The van der Waals surface area contributed by atoms with Crippen LogP contribution in [0.4, 0.5) is 11.4 Å². The Kier molecular flexibility index (Phi) is 6.36. The van der Waals surface area contributed by atoms with Crippen LogP contribution in [0.1, 0.15) is 19.3 Å². The highest BCUT2D eigenvalue weighted by Gasteiger charge is 2.26. The van der Waals surface area contributed by atoms with Gasteiger partial charge in [0.25, 0.3) is 0 Å². The van der Waals surface area contributed by atoms with E-state index in [1.165, 1.54) is 4.31 Å². The molecule has 4 aromatic rings. The first-order chi connectivity index (χ1) is 17.0. The van der Waals surface area contributed by atoms with Gasteiger partial charge in [-0.25, -0.2) is 8.42 Å². The van der Waals surface area contributed by atoms with E-state index >= 15 is 0 Å². The smallest absolute Gasteiger partial charge is 0.243 e. The van der Waals surface area contributed by atoms with Crippen LogP contribution < -0.4 is 15.4 Å². The minimum absolute atomic E-state index is 0.0471. The van der Waals surface area contributed by atoms with Crippen LogP contribution in [-0.4, -0.2) is 45.4 Å². The van der Waals surface area contributed by atoms with E-state index in [0.717, 1.165) is 35.6 Å². The molecule has 0 bridgehead atoms. The number of ether oxygens (including phenoxy) is 1. The lowest BCUT2D eigenvalue weighted by molar-refractivity contribution is -0.114. The number of furan rings is 1. The number of rotatable bonds is 7. The third-order valence-corrected chi connectivity index (χ3v) is 8.11. The SMILES string of the molecule is COc1cc2c(cc1NC(=O)CNc1cccc(S(=O)(=O)N3CCCCC3)c1)oc1ccccc12. The van der Waals surface area contributed by atoms with Gasteiger partial charge in [-0.15, -0.1) is 0 Å². The number of anilines is 2. The topological polar surface area (TPSA) is 101 Å². The fourth-order valence-electron chi connectivity index (χ4n) is 4.42. The van der Waals surface area contributed by atoms with Crippen molar-refractivity contribution >= 4 is 49.2 Å². The summed E-state index contributed by atoms with van der Waals surface area (Å²) in [4.78, 5) is 12.9. The number of amides is 1. The van der Waals surface area contributed by atoms with E-state index in [2.05, 4.69) is 10.6 Å². The van der Waals surface area contributed by atoms with Gasteiger partial charge in [0.05, 0.1) is 24.2 Å². The third kappa shape index (κ3) is 4.69. The van der Waals surface area contributed by atoms with E-state index in [-0.39, 0.29) is 17.3 Å². The van der Waals surface area contributed by atoms with Crippen molar-refractivity contribution < 1.29 is 22.4 Å². The van der Waals surface area contributed by atoms with Gasteiger partial charge in [0.2, 0.25) is 15.9 Å². The lowest BCUT2D eigenvalue weighted by atomic mass is 10.1.